The summed E-state index contributed by atoms with van der Waals surface area (Å²) in [5.74, 6) is -0.389. The second-order valence-electron chi connectivity index (χ2n) is 5.86. The van der Waals surface area contributed by atoms with E-state index in [4.69, 9.17) is 27.9 Å². The highest BCUT2D eigenvalue weighted by Gasteiger charge is 2.19. The van der Waals surface area contributed by atoms with Gasteiger partial charge in [0.1, 0.15) is 9.92 Å². The van der Waals surface area contributed by atoms with E-state index in [2.05, 4.69) is 14.8 Å². The average molecular weight is 443 g/mol. The largest absolute Gasteiger partial charge is 0.466 e. The zero-order valence-electron chi connectivity index (χ0n) is 14.9. The number of ether oxygens (including phenoxy) is 1. The summed E-state index contributed by atoms with van der Waals surface area (Å²) in [6.07, 6.45) is 2.54. The molecule has 11 heteroatoms. The maximum absolute atomic E-state index is 12.7. The lowest BCUT2D eigenvalue weighted by Gasteiger charge is -2.11. The van der Waals surface area contributed by atoms with Crippen molar-refractivity contribution in [2.45, 2.75) is 25.2 Å². The third-order valence-corrected chi connectivity index (χ3v) is 5.87. The van der Waals surface area contributed by atoms with Gasteiger partial charge in [-0.2, -0.15) is 5.10 Å². The third kappa shape index (κ3) is 4.21. The summed E-state index contributed by atoms with van der Waals surface area (Å²) in [5.41, 5.74) is 1.68. The smallest absolute Gasteiger partial charge is 0.310 e. The van der Waals surface area contributed by atoms with Gasteiger partial charge in [-0.3, -0.25) is 9.52 Å². The summed E-state index contributed by atoms with van der Waals surface area (Å²) in [6, 6.07) is 4.59. The molecule has 8 nitrogen and oxygen atoms in total. The number of sulfonamides is 1. The number of nitrogens with one attached hydrogen (secondary N) is 1. The van der Waals surface area contributed by atoms with Crippen molar-refractivity contribution in [3.8, 4) is 0 Å². The summed E-state index contributed by atoms with van der Waals surface area (Å²) in [4.78, 5) is 15.5. The Labute approximate surface area is 171 Å². The van der Waals surface area contributed by atoms with Crippen LogP contribution in [0.3, 0.4) is 0 Å². The fraction of sp³-hybridized carbons (Fsp3) is 0.235. The van der Waals surface area contributed by atoms with Gasteiger partial charge in [0.05, 0.1) is 41.8 Å². The molecule has 0 radical (unpaired) electrons. The number of halogens is 2. The van der Waals surface area contributed by atoms with Crippen molar-refractivity contribution in [1.29, 1.82) is 0 Å². The minimum Gasteiger partial charge on any atom is -0.466 e. The molecule has 1 aromatic carbocycles. The number of carbonyl (C=O) groups is 1. The van der Waals surface area contributed by atoms with Crippen LogP contribution in [0.25, 0.3) is 5.65 Å². The van der Waals surface area contributed by atoms with Crippen LogP contribution in [0.1, 0.15) is 18.2 Å². The van der Waals surface area contributed by atoms with E-state index >= 15 is 0 Å². The fourth-order valence-electron chi connectivity index (χ4n) is 2.47. The van der Waals surface area contributed by atoms with Gasteiger partial charge in [-0.1, -0.05) is 29.3 Å². The first kappa shape index (κ1) is 20.4. The number of aryl methyl sites for hydroxylation is 1. The number of hydrogen-bond donors (Lipinski definition) is 1. The summed E-state index contributed by atoms with van der Waals surface area (Å²) >= 11 is 12.2. The Hall–Kier alpha value is -2.36. The lowest BCUT2D eigenvalue weighted by atomic mass is 10.1. The van der Waals surface area contributed by atoms with E-state index < -0.39 is 10.0 Å². The molecule has 0 bridgehead atoms. The lowest BCUT2D eigenvalue weighted by molar-refractivity contribution is -0.142. The van der Waals surface area contributed by atoms with Gasteiger partial charge < -0.3 is 4.74 Å². The molecule has 148 valence electrons. The lowest BCUT2D eigenvalue weighted by Crippen LogP contribution is -2.15. The predicted octanol–water partition coefficient (Wildman–Crippen LogP) is 3.25. The molecule has 0 spiro atoms. The van der Waals surface area contributed by atoms with Crippen LogP contribution >= 0.6 is 23.2 Å². The van der Waals surface area contributed by atoms with Crippen molar-refractivity contribution < 1.29 is 17.9 Å². The average Bonchev–Trinajstić information content (AvgIpc) is 2.91. The van der Waals surface area contributed by atoms with Crippen LogP contribution in [-0.4, -0.2) is 35.6 Å². The number of anilines is 1. The van der Waals surface area contributed by atoms with Crippen molar-refractivity contribution in [2.24, 2.45) is 0 Å². The maximum Gasteiger partial charge on any atom is 0.310 e. The van der Waals surface area contributed by atoms with Crippen LogP contribution in [-0.2, 0) is 26.0 Å². The van der Waals surface area contributed by atoms with Crippen molar-refractivity contribution >= 4 is 50.5 Å². The van der Waals surface area contributed by atoms with Crippen LogP contribution in [0.2, 0.25) is 10.0 Å². The highest BCUT2D eigenvalue weighted by molar-refractivity contribution is 7.92. The van der Waals surface area contributed by atoms with Gasteiger partial charge in [-0.05, 0) is 31.5 Å². The second kappa shape index (κ2) is 7.94. The molecule has 3 aromatic rings. The van der Waals surface area contributed by atoms with E-state index in [1.54, 1.807) is 19.9 Å². The van der Waals surface area contributed by atoms with E-state index in [0.29, 0.717) is 21.9 Å². The molecule has 0 aliphatic rings. The molecule has 0 saturated heterocycles. The normalized spacial score (nSPS) is 11.6. The van der Waals surface area contributed by atoms with Gasteiger partial charge >= 0.3 is 5.97 Å². The number of hydrogen-bond acceptors (Lipinski definition) is 6. The molecular weight excluding hydrogens is 427 g/mol. The molecule has 0 atom stereocenters. The minimum absolute atomic E-state index is 0.0422. The van der Waals surface area contributed by atoms with Crippen molar-refractivity contribution in [2.75, 3.05) is 11.3 Å². The zero-order valence-corrected chi connectivity index (χ0v) is 17.3. The van der Waals surface area contributed by atoms with Gasteiger partial charge in [-0.25, -0.2) is 17.9 Å². The molecule has 2 aromatic heterocycles. The Morgan fingerprint density at radius 1 is 1.32 bits per heavy atom. The second-order valence-corrected chi connectivity index (χ2v) is 8.33. The van der Waals surface area contributed by atoms with E-state index in [1.165, 1.54) is 29.0 Å². The van der Waals surface area contributed by atoms with Crippen LogP contribution in [0.5, 0.6) is 0 Å². The maximum atomic E-state index is 12.7. The molecule has 0 amide bonds. The van der Waals surface area contributed by atoms with Gasteiger partial charge in [-0.15, -0.1) is 0 Å². The van der Waals surface area contributed by atoms with E-state index in [9.17, 15) is 13.2 Å². The van der Waals surface area contributed by atoms with E-state index in [1.807, 2.05) is 0 Å². The monoisotopic (exact) mass is 442 g/mol. The number of benzene rings is 1. The molecule has 2 heterocycles. The standard InChI is InChI=1S/C17H16Cl2N4O4S/c1-3-27-15(24)7-11-4-5-14(13(18)6-11)22-28(25,26)12-8-20-17-16(19)10(2)21-23(17)9-12/h4-6,8-9,22H,3,7H2,1-2H3. The van der Waals surface area contributed by atoms with Crippen LogP contribution < -0.4 is 4.72 Å². The van der Waals surface area contributed by atoms with Crippen LogP contribution in [0.4, 0.5) is 5.69 Å². The summed E-state index contributed by atoms with van der Waals surface area (Å²) in [5, 5.41) is 4.63. The van der Waals surface area contributed by atoms with Gasteiger partial charge in [0.15, 0.2) is 5.65 Å². The fourth-order valence-corrected chi connectivity index (χ4v) is 3.97. The first-order chi connectivity index (χ1) is 13.2. The molecule has 1 N–H and O–H groups in total. The molecular formula is C17H16Cl2N4O4S. The first-order valence-corrected chi connectivity index (χ1v) is 10.4. The molecule has 0 aliphatic carbocycles. The molecule has 0 saturated carbocycles. The highest BCUT2D eigenvalue weighted by atomic mass is 35.5. The van der Waals surface area contributed by atoms with Crippen molar-refractivity contribution in [1.82, 2.24) is 14.6 Å². The van der Waals surface area contributed by atoms with Gasteiger partial charge in [0, 0.05) is 0 Å². The van der Waals surface area contributed by atoms with E-state index in [0.717, 1.165) is 0 Å². The molecule has 3 rings (SSSR count). The minimum atomic E-state index is -3.97. The van der Waals surface area contributed by atoms with Crippen LogP contribution in [0.15, 0.2) is 35.5 Å². The van der Waals surface area contributed by atoms with E-state index in [-0.39, 0.29) is 34.6 Å². The number of rotatable bonds is 6. The Kier molecular flexibility index (Phi) is 5.78. The number of aromatic nitrogens is 3. The SMILES string of the molecule is CCOC(=O)Cc1ccc(NS(=O)(=O)c2cnc3c(Cl)c(C)nn3c2)c(Cl)c1. The predicted molar refractivity (Wildman–Crippen MR) is 105 cm³/mol. The number of fused-ring (bicyclic) bond motifs is 1. The van der Waals surface area contributed by atoms with Crippen molar-refractivity contribution in [3.05, 3.63) is 51.9 Å². The van der Waals surface area contributed by atoms with Crippen molar-refractivity contribution in [3.63, 3.8) is 0 Å². The molecule has 28 heavy (non-hydrogen) atoms. The van der Waals surface area contributed by atoms with Crippen LogP contribution in [0, 0.1) is 6.92 Å². The molecule has 0 aliphatic heterocycles. The summed E-state index contributed by atoms with van der Waals surface area (Å²) in [6.45, 7) is 3.69. The zero-order chi connectivity index (χ0) is 20.5. The van der Waals surface area contributed by atoms with Gasteiger partial charge in [0.2, 0.25) is 0 Å². The summed E-state index contributed by atoms with van der Waals surface area (Å²) in [7, 11) is -3.97. The third-order valence-electron chi connectivity index (χ3n) is 3.79. The Bertz CT molecular complexity index is 1160. The Morgan fingerprint density at radius 2 is 2.07 bits per heavy atom. The quantitative estimate of drug-likeness (QED) is 0.587. The Morgan fingerprint density at radius 3 is 2.75 bits per heavy atom. The number of carbonyl (C=O) groups excluding carboxylic acids is 1. The molecule has 0 unspecified atom stereocenters. The number of nitrogens with zero attached hydrogens (tertiary/aromatic N) is 3. The molecule has 0 fully saturated rings. The van der Waals surface area contributed by atoms with Gasteiger partial charge in [0.25, 0.3) is 10.0 Å². The summed E-state index contributed by atoms with van der Waals surface area (Å²) < 4.78 is 33.9. The first-order valence-electron chi connectivity index (χ1n) is 8.18. The Balaban J connectivity index is 1.85. The highest BCUT2D eigenvalue weighted by Crippen LogP contribution is 2.27. The topological polar surface area (TPSA) is 103 Å². The number of esters is 1.